The summed E-state index contributed by atoms with van der Waals surface area (Å²) < 4.78 is 0. The van der Waals surface area contributed by atoms with Crippen LogP contribution in [0.2, 0.25) is 0 Å². The standard InChI is InChI=1S/C16H20S/c1-4-13-6-5-7-14(11-13)16-9-8-15(17-16)10-12(2)3/h5-9,11-12H,4,10H2,1-3H3. The monoisotopic (exact) mass is 244 g/mol. The van der Waals surface area contributed by atoms with E-state index < -0.39 is 0 Å². The summed E-state index contributed by atoms with van der Waals surface area (Å²) in [5.41, 5.74) is 2.78. The molecule has 1 heterocycles. The summed E-state index contributed by atoms with van der Waals surface area (Å²) in [5, 5.41) is 0. The van der Waals surface area contributed by atoms with E-state index in [0.717, 1.165) is 12.3 Å². The highest BCUT2D eigenvalue weighted by molar-refractivity contribution is 7.15. The second-order valence-corrected chi connectivity index (χ2v) is 6.09. The molecule has 0 fully saturated rings. The molecule has 1 heteroatoms. The molecule has 0 atom stereocenters. The lowest BCUT2D eigenvalue weighted by molar-refractivity contribution is 0.654. The van der Waals surface area contributed by atoms with Crippen LogP contribution >= 0.6 is 11.3 Å². The average molecular weight is 244 g/mol. The fraction of sp³-hybridized carbons (Fsp3) is 0.375. The lowest BCUT2D eigenvalue weighted by Crippen LogP contribution is -1.89. The molecule has 0 aliphatic rings. The predicted octanol–water partition coefficient (Wildman–Crippen LogP) is 5.18. The summed E-state index contributed by atoms with van der Waals surface area (Å²) in [6, 6.07) is 13.4. The van der Waals surface area contributed by atoms with Gasteiger partial charge in [-0.3, -0.25) is 0 Å². The summed E-state index contributed by atoms with van der Waals surface area (Å²) in [7, 11) is 0. The van der Waals surface area contributed by atoms with E-state index in [2.05, 4.69) is 57.2 Å². The Morgan fingerprint density at radius 3 is 2.65 bits per heavy atom. The minimum absolute atomic E-state index is 0.739. The Labute approximate surface area is 108 Å². The molecule has 17 heavy (non-hydrogen) atoms. The maximum Gasteiger partial charge on any atom is 0.0345 e. The SMILES string of the molecule is CCc1cccc(-c2ccc(CC(C)C)s2)c1. The van der Waals surface area contributed by atoms with Crippen molar-refractivity contribution < 1.29 is 0 Å². The van der Waals surface area contributed by atoms with E-state index in [1.54, 1.807) is 0 Å². The molecule has 0 radical (unpaired) electrons. The van der Waals surface area contributed by atoms with Crippen LogP contribution in [0.4, 0.5) is 0 Å². The van der Waals surface area contributed by atoms with Gasteiger partial charge in [0, 0.05) is 9.75 Å². The maximum absolute atomic E-state index is 2.31. The van der Waals surface area contributed by atoms with Crippen molar-refractivity contribution in [2.75, 3.05) is 0 Å². The van der Waals surface area contributed by atoms with E-state index >= 15 is 0 Å². The van der Waals surface area contributed by atoms with Crippen LogP contribution in [0.25, 0.3) is 10.4 Å². The Balaban J connectivity index is 2.24. The minimum atomic E-state index is 0.739. The van der Waals surface area contributed by atoms with Crippen molar-refractivity contribution >= 4 is 11.3 Å². The third-order valence-electron chi connectivity index (χ3n) is 2.89. The van der Waals surface area contributed by atoms with Gasteiger partial charge < -0.3 is 0 Å². The first kappa shape index (κ1) is 12.4. The molecular formula is C16H20S. The van der Waals surface area contributed by atoms with E-state index in [9.17, 15) is 0 Å². The van der Waals surface area contributed by atoms with Crippen molar-refractivity contribution in [1.82, 2.24) is 0 Å². The zero-order chi connectivity index (χ0) is 12.3. The van der Waals surface area contributed by atoms with Crippen molar-refractivity contribution in [1.29, 1.82) is 0 Å². The van der Waals surface area contributed by atoms with Crippen LogP contribution < -0.4 is 0 Å². The molecule has 0 saturated carbocycles. The van der Waals surface area contributed by atoms with Gasteiger partial charge in [0.25, 0.3) is 0 Å². The Morgan fingerprint density at radius 2 is 1.94 bits per heavy atom. The quantitative estimate of drug-likeness (QED) is 0.695. The first-order valence-corrected chi connectivity index (χ1v) is 7.18. The molecule has 2 rings (SSSR count). The van der Waals surface area contributed by atoms with Crippen LogP contribution in [0.1, 0.15) is 31.2 Å². The molecule has 2 aromatic rings. The Kier molecular flexibility index (Phi) is 4.01. The van der Waals surface area contributed by atoms with Crippen LogP contribution in [-0.4, -0.2) is 0 Å². The Hall–Kier alpha value is -1.08. The molecule has 0 bridgehead atoms. The van der Waals surface area contributed by atoms with Crippen LogP contribution in [0, 0.1) is 5.92 Å². The van der Waals surface area contributed by atoms with Gasteiger partial charge >= 0.3 is 0 Å². The molecule has 0 aliphatic carbocycles. The lowest BCUT2D eigenvalue weighted by Gasteiger charge is -2.02. The van der Waals surface area contributed by atoms with Gasteiger partial charge in [-0.25, -0.2) is 0 Å². The average Bonchev–Trinajstić information content (AvgIpc) is 2.77. The third kappa shape index (κ3) is 3.19. The van der Waals surface area contributed by atoms with Crippen LogP contribution in [0.5, 0.6) is 0 Å². The molecule has 0 saturated heterocycles. The van der Waals surface area contributed by atoms with E-state index in [1.807, 2.05) is 11.3 Å². The molecule has 1 aromatic heterocycles. The fourth-order valence-corrected chi connectivity index (χ4v) is 3.21. The van der Waals surface area contributed by atoms with Crippen LogP contribution in [0.15, 0.2) is 36.4 Å². The van der Waals surface area contributed by atoms with Gasteiger partial charge in [0.1, 0.15) is 0 Å². The number of benzene rings is 1. The maximum atomic E-state index is 2.31. The number of rotatable bonds is 4. The van der Waals surface area contributed by atoms with Gasteiger partial charge in [-0.1, -0.05) is 45.0 Å². The van der Waals surface area contributed by atoms with Gasteiger partial charge in [0.2, 0.25) is 0 Å². The molecular weight excluding hydrogens is 224 g/mol. The van der Waals surface area contributed by atoms with Gasteiger partial charge in [-0.15, -0.1) is 11.3 Å². The number of hydrogen-bond donors (Lipinski definition) is 0. The van der Waals surface area contributed by atoms with Crippen LogP contribution in [0.3, 0.4) is 0 Å². The first-order valence-electron chi connectivity index (χ1n) is 6.37. The summed E-state index contributed by atoms with van der Waals surface area (Å²) >= 11 is 1.93. The Morgan fingerprint density at radius 1 is 1.12 bits per heavy atom. The van der Waals surface area contributed by atoms with E-state index in [-0.39, 0.29) is 0 Å². The molecule has 0 amide bonds. The highest BCUT2D eigenvalue weighted by Gasteiger charge is 2.05. The van der Waals surface area contributed by atoms with Crippen LogP contribution in [-0.2, 0) is 12.8 Å². The molecule has 90 valence electrons. The van der Waals surface area contributed by atoms with Crippen molar-refractivity contribution in [3.05, 3.63) is 46.8 Å². The molecule has 1 aromatic carbocycles. The number of thiophene rings is 1. The van der Waals surface area contributed by atoms with Gasteiger partial charge in [0.15, 0.2) is 0 Å². The molecule has 0 N–H and O–H groups in total. The Bertz CT molecular complexity index is 480. The second-order valence-electron chi connectivity index (χ2n) is 4.92. The molecule has 0 nitrogen and oxygen atoms in total. The van der Waals surface area contributed by atoms with Crippen molar-refractivity contribution in [2.45, 2.75) is 33.6 Å². The predicted molar refractivity (Wildman–Crippen MR) is 77.7 cm³/mol. The lowest BCUT2D eigenvalue weighted by atomic mass is 10.1. The summed E-state index contributed by atoms with van der Waals surface area (Å²) in [6.07, 6.45) is 2.30. The van der Waals surface area contributed by atoms with E-state index in [1.165, 1.54) is 27.3 Å². The summed E-state index contributed by atoms with van der Waals surface area (Å²) in [6.45, 7) is 6.76. The topological polar surface area (TPSA) is 0 Å². The number of aryl methyl sites for hydroxylation is 1. The zero-order valence-corrected chi connectivity index (χ0v) is 11.7. The highest BCUT2D eigenvalue weighted by atomic mass is 32.1. The largest absolute Gasteiger partial charge is 0.140 e. The normalized spacial score (nSPS) is 11.1. The van der Waals surface area contributed by atoms with E-state index in [4.69, 9.17) is 0 Å². The van der Waals surface area contributed by atoms with Crippen molar-refractivity contribution in [2.24, 2.45) is 5.92 Å². The fourth-order valence-electron chi connectivity index (χ4n) is 1.99. The summed E-state index contributed by atoms with van der Waals surface area (Å²) in [5.74, 6) is 0.739. The van der Waals surface area contributed by atoms with Crippen molar-refractivity contribution in [3.8, 4) is 10.4 Å². The minimum Gasteiger partial charge on any atom is -0.140 e. The molecule has 0 spiro atoms. The molecule has 0 aliphatic heterocycles. The van der Waals surface area contributed by atoms with Gasteiger partial charge in [-0.05, 0) is 42.0 Å². The second kappa shape index (κ2) is 5.50. The molecule has 0 unspecified atom stereocenters. The third-order valence-corrected chi connectivity index (χ3v) is 4.05. The van der Waals surface area contributed by atoms with Gasteiger partial charge in [-0.2, -0.15) is 0 Å². The van der Waals surface area contributed by atoms with Crippen molar-refractivity contribution in [3.63, 3.8) is 0 Å². The van der Waals surface area contributed by atoms with E-state index in [0.29, 0.717) is 0 Å². The smallest absolute Gasteiger partial charge is 0.0345 e. The highest BCUT2D eigenvalue weighted by Crippen LogP contribution is 2.30. The zero-order valence-electron chi connectivity index (χ0n) is 10.9. The summed E-state index contributed by atoms with van der Waals surface area (Å²) in [4.78, 5) is 2.90. The first-order chi connectivity index (χ1) is 8.19. The van der Waals surface area contributed by atoms with Gasteiger partial charge in [0.05, 0.1) is 0 Å². The number of hydrogen-bond acceptors (Lipinski definition) is 1.